The maximum atomic E-state index is 13.5. The fourth-order valence-corrected chi connectivity index (χ4v) is 3.35. The molecule has 0 bridgehead atoms. The number of amides is 1. The van der Waals surface area contributed by atoms with Crippen LogP contribution in [0.15, 0.2) is 84.9 Å². The molecule has 0 spiro atoms. The number of benzene rings is 3. The fraction of sp³-hybridized carbons (Fsp3) is 0.167. The number of carbonyl (C=O) groups excluding carboxylic acids is 1. The van der Waals surface area contributed by atoms with Crippen LogP contribution in [-0.4, -0.2) is 28.4 Å². The van der Waals surface area contributed by atoms with Gasteiger partial charge >= 0.3 is 12.1 Å². The highest BCUT2D eigenvalue weighted by Gasteiger charge is 2.34. The third kappa shape index (κ3) is 5.51. The van der Waals surface area contributed by atoms with Crippen molar-refractivity contribution in [1.29, 1.82) is 0 Å². The average molecular weight is 427 g/mol. The van der Waals surface area contributed by atoms with Crippen molar-refractivity contribution in [3.8, 4) is 0 Å². The summed E-state index contributed by atoms with van der Waals surface area (Å²) < 4.78 is 40.4. The Morgan fingerprint density at radius 3 is 1.97 bits per heavy atom. The molecule has 160 valence electrons. The Morgan fingerprint density at radius 1 is 0.839 bits per heavy atom. The molecule has 0 radical (unpaired) electrons. The highest BCUT2D eigenvalue weighted by molar-refractivity contribution is 5.94. The second-order valence-electron chi connectivity index (χ2n) is 7.01. The van der Waals surface area contributed by atoms with Gasteiger partial charge < -0.3 is 10.0 Å². The first-order valence-electron chi connectivity index (χ1n) is 9.54. The van der Waals surface area contributed by atoms with E-state index in [-0.39, 0.29) is 24.2 Å². The van der Waals surface area contributed by atoms with Crippen LogP contribution in [0.3, 0.4) is 0 Å². The highest BCUT2D eigenvalue weighted by Crippen LogP contribution is 2.33. The second kappa shape index (κ2) is 9.47. The van der Waals surface area contributed by atoms with Gasteiger partial charge in [0.15, 0.2) is 0 Å². The van der Waals surface area contributed by atoms with Crippen LogP contribution in [0.4, 0.5) is 13.2 Å². The van der Waals surface area contributed by atoms with Crippen molar-refractivity contribution in [1.82, 2.24) is 4.90 Å². The van der Waals surface area contributed by atoms with Crippen molar-refractivity contribution in [2.45, 2.75) is 18.6 Å². The SMILES string of the molecule is O=C(O)C(CN(Cc1ccccc1C(F)(F)F)C(=O)c1ccccc1)c1ccccc1. The summed E-state index contributed by atoms with van der Waals surface area (Å²) in [6.07, 6.45) is -4.59. The maximum Gasteiger partial charge on any atom is 0.416 e. The Balaban J connectivity index is 2.00. The topological polar surface area (TPSA) is 57.6 Å². The zero-order chi connectivity index (χ0) is 22.4. The lowest BCUT2D eigenvalue weighted by atomic mass is 9.97. The summed E-state index contributed by atoms with van der Waals surface area (Å²) >= 11 is 0. The van der Waals surface area contributed by atoms with Crippen LogP contribution in [0.5, 0.6) is 0 Å². The summed E-state index contributed by atoms with van der Waals surface area (Å²) in [4.78, 5) is 26.3. The second-order valence-corrected chi connectivity index (χ2v) is 7.01. The number of carboxylic acids is 1. The molecule has 0 heterocycles. The Morgan fingerprint density at radius 2 is 1.39 bits per heavy atom. The molecule has 1 atom stereocenters. The highest BCUT2D eigenvalue weighted by atomic mass is 19.4. The number of alkyl halides is 3. The molecule has 1 N–H and O–H groups in total. The quantitative estimate of drug-likeness (QED) is 0.563. The smallest absolute Gasteiger partial charge is 0.416 e. The van der Waals surface area contributed by atoms with Gasteiger partial charge in [0.25, 0.3) is 5.91 Å². The first kappa shape index (κ1) is 22.1. The zero-order valence-corrected chi connectivity index (χ0v) is 16.4. The lowest BCUT2D eigenvalue weighted by Crippen LogP contribution is -2.37. The van der Waals surface area contributed by atoms with Gasteiger partial charge in [-0.2, -0.15) is 13.2 Å². The predicted octanol–water partition coefficient (Wildman–Crippen LogP) is 5.22. The zero-order valence-electron chi connectivity index (χ0n) is 16.4. The van der Waals surface area contributed by atoms with Crippen LogP contribution in [0, 0.1) is 0 Å². The molecule has 0 aliphatic rings. The average Bonchev–Trinajstić information content (AvgIpc) is 2.76. The third-order valence-electron chi connectivity index (χ3n) is 4.89. The molecule has 4 nitrogen and oxygen atoms in total. The fourth-order valence-electron chi connectivity index (χ4n) is 3.35. The van der Waals surface area contributed by atoms with Crippen molar-refractivity contribution < 1.29 is 27.9 Å². The van der Waals surface area contributed by atoms with Crippen LogP contribution in [0.2, 0.25) is 0 Å². The van der Waals surface area contributed by atoms with Crippen molar-refractivity contribution in [3.05, 3.63) is 107 Å². The third-order valence-corrected chi connectivity index (χ3v) is 4.89. The number of nitrogens with zero attached hydrogens (tertiary/aromatic N) is 1. The molecular formula is C24H20F3NO3. The first-order valence-corrected chi connectivity index (χ1v) is 9.54. The summed E-state index contributed by atoms with van der Waals surface area (Å²) in [6, 6.07) is 21.4. The van der Waals surface area contributed by atoms with Crippen molar-refractivity contribution in [3.63, 3.8) is 0 Å². The number of rotatable bonds is 7. The number of carbonyl (C=O) groups is 2. The predicted molar refractivity (Wildman–Crippen MR) is 109 cm³/mol. The van der Waals surface area contributed by atoms with Gasteiger partial charge in [0.2, 0.25) is 0 Å². The van der Waals surface area contributed by atoms with Crippen LogP contribution in [0.1, 0.15) is 33.0 Å². The van der Waals surface area contributed by atoms with E-state index < -0.39 is 29.5 Å². The molecule has 31 heavy (non-hydrogen) atoms. The van der Waals surface area contributed by atoms with E-state index in [2.05, 4.69) is 0 Å². The molecule has 1 amide bonds. The van der Waals surface area contributed by atoms with E-state index in [1.54, 1.807) is 60.7 Å². The number of aliphatic carboxylic acids is 1. The number of carboxylic acid groups (broad SMARTS) is 1. The van der Waals surface area contributed by atoms with Gasteiger partial charge in [0.05, 0.1) is 11.5 Å². The summed E-state index contributed by atoms with van der Waals surface area (Å²) in [6.45, 7) is -0.653. The van der Waals surface area contributed by atoms with Gasteiger partial charge in [-0.1, -0.05) is 66.7 Å². The molecule has 3 aromatic rings. The minimum atomic E-state index is -4.59. The Bertz CT molecular complexity index is 1040. The van der Waals surface area contributed by atoms with Gasteiger partial charge in [-0.25, -0.2) is 0 Å². The summed E-state index contributed by atoms with van der Waals surface area (Å²) in [5, 5.41) is 9.76. The molecule has 0 fully saturated rings. The standard InChI is InChI=1S/C24H20F3NO3/c25-24(26,27)21-14-8-7-13-19(21)15-28(22(29)18-11-5-2-6-12-18)16-20(23(30)31)17-9-3-1-4-10-17/h1-14,20H,15-16H2,(H,30,31). The molecule has 0 aromatic heterocycles. The summed E-state index contributed by atoms with van der Waals surface area (Å²) in [5.74, 6) is -2.80. The molecule has 1 unspecified atom stereocenters. The lowest BCUT2D eigenvalue weighted by Gasteiger charge is -2.27. The lowest BCUT2D eigenvalue weighted by molar-refractivity contribution is -0.140. The van der Waals surface area contributed by atoms with Gasteiger partial charge in [0.1, 0.15) is 0 Å². The van der Waals surface area contributed by atoms with Crippen LogP contribution < -0.4 is 0 Å². The number of hydrogen-bond acceptors (Lipinski definition) is 2. The molecular weight excluding hydrogens is 407 g/mol. The van der Waals surface area contributed by atoms with Crippen LogP contribution in [0.25, 0.3) is 0 Å². The van der Waals surface area contributed by atoms with Crippen molar-refractivity contribution in [2.24, 2.45) is 0 Å². The molecule has 0 saturated heterocycles. The normalized spacial score (nSPS) is 12.2. The number of hydrogen-bond donors (Lipinski definition) is 1. The van der Waals surface area contributed by atoms with E-state index in [1.165, 1.54) is 18.2 Å². The summed E-state index contributed by atoms with van der Waals surface area (Å²) in [5.41, 5.74) is -0.224. The molecule has 0 aliphatic heterocycles. The van der Waals surface area contributed by atoms with Gasteiger partial charge in [0, 0.05) is 18.7 Å². The number of halogens is 3. The maximum absolute atomic E-state index is 13.5. The van der Waals surface area contributed by atoms with Gasteiger partial charge in [-0.3, -0.25) is 9.59 Å². The Kier molecular flexibility index (Phi) is 6.74. The molecule has 0 aliphatic carbocycles. The Labute approximate surface area is 177 Å². The Hall–Kier alpha value is -3.61. The molecule has 0 saturated carbocycles. The van der Waals surface area contributed by atoms with Crippen LogP contribution in [-0.2, 0) is 17.5 Å². The van der Waals surface area contributed by atoms with E-state index in [9.17, 15) is 27.9 Å². The van der Waals surface area contributed by atoms with E-state index in [0.29, 0.717) is 5.56 Å². The van der Waals surface area contributed by atoms with E-state index >= 15 is 0 Å². The van der Waals surface area contributed by atoms with Gasteiger partial charge in [-0.05, 0) is 29.3 Å². The van der Waals surface area contributed by atoms with E-state index in [1.807, 2.05) is 0 Å². The summed E-state index contributed by atoms with van der Waals surface area (Å²) in [7, 11) is 0. The largest absolute Gasteiger partial charge is 0.481 e. The first-order chi connectivity index (χ1) is 14.8. The van der Waals surface area contributed by atoms with Crippen LogP contribution >= 0.6 is 0 Å². The van der Waals surface area contributed by atoms with Crippen molar-refractivity contribution >= 4 is 11.9 Å². The monoisotopic (exact) mass is 427 g/mol. The van der Waals surface area contributed by atoms with Crippen molar-refractivity contribution in [2.75, 3.05) is 6.54 Å². The van der Waals surface area contributed by atoms with E-state index in [4.69, 9.17) is 0 Å². The molecule has 3 rings (SSSR count). The van der Waals surface area contributed by atoms with E-state index in [0.717, 1.165) is 11.0 Å². The minimum absolute atomic E-state index is 0.100. The van der Waals surface area contributed by atoms with Gasteiger partial charge in [-0.15, -0.1) is 0 Å². The minimum Gasteiger partial charge on any atom is -0.481 e. The molecule has 3 aromatic carbocycles. The molecule has 7 heteroatoms.